The molecular weight excluding hydrogens is 310 g/mol. The van der Waals surface area contributed by atoms with Gasteiger partial charge >= 0.3 is 0 Å². The minimum absolute atomic E-state index is 0.169. The molecule has 0 aliphatic rings. The zero-order valence-corrected chi connectivity index (χ0v) is 16.3. The Hall–Kier alpha value is -1.07. The van der Waals surface area contributed by atoms with Gasteiger partial charge in [0.2, 0.25) is 10.0 Å². The first-order valence-electron chi connectivity index (χ1n) is 8.11. The summed E-state index contributed by atoms with van der Waals surface area (Å²) in [5, 5.41) is 0. The second-order valence-corrected chi connectivity index (χ2v) is 9.54. The Bertz CT molecular complexity index is 628. The molecule has 0 saturated heterocycles. The molecule has 1 aromatic rings. The van der Waals surface area contributed by atoms with Crippen LogP contribution in [0, 0.1) is 5.41 Å². The summed E-state index contributed by atoms with van der Waals surface area (Å²) >= 11 is 0. The molecule has 0 heterocycles. The second kappa shape index (κ2) is 7.22. The van der Waals surface area contributed by atoms with E-state index in [2.05, 4.69) is 25.5 Å². The lowest BCUT2D eigenvalue weighted by Gasteiger charge is -2.30. The summed E-state index contributed by atoms with van der Waals surface area (Å²) in [4.78, 5) is 0.211. The average molecular weight is 342 g/mol. The highest BCUT2D eigenvalue weighted by atomic mass is 32.2. The summed E-state index contributed by atoms with van der Waals surface area (Å²) in [5.74, 6) is 0.376. The Labute approximate surface area is 141 Å². The molecule has 0 fully saturated rings. The van der Waals surface area contributed by atoms with Gasteiger partial charge in [0.1, 0.15) is 10.6 Å². The van der Waals surface area contributed by atoms with Crippen LogP contribution in [0.2, 0.25) is 0 Å². The summed E-state index contributed by atoms with van der Waals surface area (Å²) in [6, 6.07) is 5.30. The maximum Gasteiger partial charge on any atom is 0.244 e. The molecule has 0 aromatic heterocycles. The third-order valence-electron chi connectivity index (χ3n) is 3.84. The fraction of sp³-hybridized carbons (Fsp3) is 0.667. The van der Waals surface area contributed by atoms with Crippen molar-refractivity contribution in [3.8, 4) is 5.75 Å². The van der Waals surface area contributed by atoms with Crippen LogP contribution in [-0.4, -0.2) is 21.1 Å². The monoisotopic (exact) mass is 341 g/mol. The van der Waals surface area contributed by atoms with E-state index in [9.17, 15) is 8.42 Å². The van der Waals surface area contributed by atoms with Crippen molar-refractivity contribution in [1.29, 1.82) is 0 Å². The summed E-state index contributed by atoms with van der Waals surface area (Å²) < 4.78 is 33.7. The smallest absolute Gasteiger partial charge is 0.244 e. The average Bonchev–Trinajstić information content (AvgIpc) is 2.43. The highest BCUT2D eigenvalue weighted by Gasteiger charge is 2.29. The van der Waals surface area contributed by atoms with Crippen molar-refractivity contribution < 1.29 is 13.2 Å². The first-order chi connectivity index (χ1) is 10.4. The number of benzene rings is 1. The molecule has 132 valence electrons. The Morgan fingerprint density at radius 3 is 2.17 bits per heavy atom. The lowest BCUT2D eigenvalue weighted by molar-refractivity contribution is 0.302. The number of hydrogen-bond donors (Lipinski definition) is 1. The maximum atomic E-state index is 12.8. The van der Waals surface area contributed by atoms with E-state index in [1.54, 1.807) is 12.1 Å². The molecule has 0 amide bonds. The summed E-state index contributed by atoms with van der Waals surface area (Å²) in [7, 11) is -2.15. The molecular formula is C18H31NO3S. The van der Waals surface area contributed by atoms with E-state index in [1.807, 2.05) is 26.8 Å². The van der Waals surface area contributed by atoms with E-state index < -0.39 is 15.6 Å². The molecule has 23 heavy (non-hydrogen) atoms. The quantitative estimate of drug-likeness (QED) is 0.811. The molecule has 0 unspecified atom stereocenters. The third-order valence-corrected chi connectivity index (χ3v) is 5.56. The van der Waals surface area contributed by atoms with Crippen molar-refractivity contribution in [3.63, 3.8) is 0 Å². The van der Waals surface area contributed by atoms with Crippen LogP contribution in [0.4, 0.5) is 0 Å². The van der Waals surface area contributed by atoms with Crippen LogP contribution < -0.4 is 9.46 Å². The number of methoxy groups -OCH3 is 1. The predicted molar refractivity (Wildman–Crippen MR) is 95.5 cm³/mol. The van der Waals surface area contributed by atoms with Crippen LogP contribution >= 0.6 is 0 Å². The molecule has 5 heteroatoms. The maximum absolute atomic E-state index is 12.8. The van der Waals surface area contributed by atoms with E-state index in [-0.39, 0.29) is 10.3 Å². The zero-order valence-electron chi connectivity index (χ0n) is 15.5. The first-order valence-corrected chi connectivity index (χ1v) is 9.59. The van der Waals surface area contributed by atoms with Crippen LogP contribution in [0.3, 0.4) is 0 Å². The van der Waals surface area contributed by atoms with Gasteiger partial charge in [0, 0.05) is 5.54 Å². The largest absolute Gasteiger partial charge is 0.495 e. The van der Waals surface area contributed by atoms with Crippen molar-refractivity contribution in [1.82, 2.24) is 4.72 Å². The number of nitrogens with one attached hydrogen (secondary N) is 1. The number of rotatable bonds is 7. The van der Waals surface area contributed by atoms with E-state index in [0.29, 0.717) is 5.75 Å². The second-order valence-electron chi connectivity index (χ2n) is 7.89. The Kier molecular flexibility index (Phi) is 6.27. The molecule has 0 saturated carbocycles. The van der Waals surface area contributed by atoms with Crippen LogP contribution in [0.5, 0.6) is 5.75 Å². The van der Waals surface area contributed by atoms with Gasteiger partial charge in [0.05, 0.1) is 7.11 Å². The zero-order chi connectivity index (χ0) is 17.9. The number of hydrogen-bond acceptors (Lipinski definition) is 3. The standard InChI is InChI=1S/C18H31NO3S/c1-8-14-9-10-15(22-7)16(13-14)23(20,21)19-18(5,6)12-11-17(2,3)4/h9-10,13,19H,8,11-12H2,1-7H3. The summed E-state index contributed by atoms with van der Waals surface area (Å²) in [5.41, 5.74) is 0.626. The molecule has 0 aliphatic heterocycles. The molecule has 4 nitrogen and oxygen atoms in total. The summed E-state index contributed by atoms with van der Waals surface area (Å²) in [6.45, 7) is 12.3. The number of sulfonamides is 1. The van der Waals surface area contributed by atoms with E-state index in [0.717, 1.165) is 24.8 Å². The normalized spacial score (nSPS) is 13.2. The molecule has 1 aromatic carbocycles. The van der Waals surface area contributed by atoms with Gasteiger partial charge in [-0.05, 0) is 56.2 Å². The highest BCUT2D eigenvalue weighted by molar-refractivity contribution is 7.89. The van der Waals surface area contributed by atoms with Gasteiger partial charge in [-0.25, -0.2) is 13.1 Å². The van der Waals surface area contributed by atoms with Crippen LogP contribution in [-0.2, 0) is 16.4 Å². The summed E-state index contributed by atoms with van der Waals surface area (Å²) in [6.07, 6.45) is 2.49. The SMILES string of the molecule is CCc1ccc(OC)c(S(=O)(=O)NC(C)(C)CCC(C)(C)C)c1. The van der Waals surface area contributed by atoms with Gasteiger partial charge in [0.25, 0.3) is 0 Å². The van der Waals surface area contributed by atoms with Crippen LogP contribution in [0.1, 0.15) is 59.9 Å². The van der Waals surface area contributed by atoms with Gasteiger partial charge < -0.3 is 4.74 Å². The van der Waals surface area contributed by atoms with Crippen LogP contribution in [0.15, 0.2) is 23.1 Å². The number of aryl methyl sites for hydroxylation is 1. The van der Waals surface area contributed by atoms with Crippen molar-refractivity contribution in [2.24, 2.45) is 5.41 Å². The van der Waals surface area contributed by atoms with E-state index >= 15 is 0 Å². The highest BCUT2D eigenvalue weighted by Crippen LogP contribution is 2.29. The lowest BCUT2D eigenvalue weighted by atomic mass is 9.85. The Morgan fingerprint density at radius 1 is 1.09 bits per heavy atom. The fourth-order valence-corrected chi connectivity index (χ4v) is 3.97. The van der Waals surface area contributed by atoms with Gasteiger partial charge in [-0.15, -0.1) is 0 Å². The molecule has 1 rings (SSSR count). The minimum atomic E-state index is -3.64. The first kappa shape index (κ1) is 20.0. The van der Waals surface area contributed by atoms with Crippen molar-refractivity contribution in [3.05, 3.63) is 23.8 Å². The molecule has 0 atom stereocenters. The van der Waals surface area contributed by atoms with Gasteiger partial charge in [-0.2, -0.15) is 0 Å². The molecule has 0 aliphatic carbocycles. The predicted octanol–water partition coefficient (Wildman–Crippen LogP) is 4.14. The molecule has 0 bridgehead atoms. The Balaban J connectivity index is 3.07. The van der Waals surface area contributed by atoms with Gasteiger partial charge in [-0.3, -0.25) is 0 Å². The molecule has 0 radical (unpaired) electrons. The molecule has 1 N–H and O–H groups in total. The lowest BCUT2D eigenvalue weighted by Crippen LogP contribution is -2.43. The van der Waals surface area contributed by atoms with Gasteiger partial charge in [0.15, 0.2) is 0 Å². The van der Waals surface area contributed by atoms with E-state index in [1.165, 1.54) is 7.11 Å². The third kappa shape index (κ3) is 6.15. The van der Waals surface area contributed by atoms with Crippen LogP contribution in [0.25, 0.3) is 0 Å². The van der Waals surface area contributed by atoms with Gasteiger partial charge in [-0.1, -0.05) is 33.8 Å². The van der Waals surface area contributed by atoms with Crippen molar-refractivity contribution in [2.45, 2.75) is 71.2 Å². The minimum Gasteiger partial charge on any atom is -0.495 e. The van der Waals surface area contributed by atoms with Crippen molar-refractivity contribution in [2.75, 3.05) is 7.11 Å². The fourth-order valence-electron chi connectivity index (χ4n) is 2.31. The van der Waals surface area contributed by atoms with Crippen molar-refractivity contribution >= 4 is 10.0 Å². The Morgan fingerprint density at radius 2 is 1.70 bits per heavy atom. The van der Waals surface area contributed by atoms with E-state index in [4.69, 9.17) is 4.74 Å². The molecule has 0 spiro atoms. The topological polar surface area (TPSA) is 55.4 Å². The number of ether oxygens (including phenoxy) is 1.